The zero-order valence-corrected chi connectivity index (χ0v) is 6.18. The van der Waals surface area contributed by atoms with Crippen LogP contribution in [0.3, 0.4) is 0 Å². The van der Waals surface area contributed by atoms with Crippen LogP contribution in [0.25, 0.3) is 10.9 Å². The van der Waals surface area contributed by atoms with Crippen molar-refractivity contribution in [2.75, 3.05) is 5.73 Å². The minimum absolute atomic E-state index is 0.0693. The molecule has 0 aliphatic heterocycles. The van der Waals surface area contributed by atoms with Gasteiger partial charge in [0.15, 0.2) is 0 Å². The molecule has 0 radical (unpaired) electrons. The molecule has 2 rings (SSSR count). The maximum absolute atomic E-state index is 7.70. The zero-order valence-electron chi connectivity index (χ0n) is 9.18. The van der Waals surface area contributed by atoms with Crippen LogP contribution in [0.4, 0.5) is 5.69 Å². The second-order valence-electron chi connectivity index (χ2n) is 2.47. The maximum atomic E-state index is 7.70. The van der Waals surface area contributed by atoms with Crippen molar-refractivity contribution in [1.82, 2.24) is 4.57 Å². The van der Waals surface area contributed by atoms with E-state index in [-0.39, 0.29) is 18.3 Å². The number of nitrogens with two attached hydrogens (primary N) is 1. The minimum Gasteiger partial charge on any atom is -0.399 e. The number of nitrogens with zero attached hydrogens (tertiary/aromatic N) is 1. The van der Waals surface area contributed by atoms with E-state index in [0.717, 1.165) is 0 Å². The van der Waals surface area contributed by atoms with Gasteiger partial charge in [0.05, 0.1) is 4.11 Å². The maximum Gasteiger partial charge on any atom is 0.0818 e. The molecule has 11 heavy (non-hydrogen) atoms. The third kappa shape index (κ3) is 0.871. The number of aryl methyl sites for hydroxylation is 1. The Bertz CT molecular complexity index is 516. The van der Waals surface area contributed by atoms with Gasteiger partial charge in [0.25, 0.3) is 0 Å². The molecule has 2 heteroatoms. The highest BCUT2D eigenvalue weighted by Gasteiger charge is 1.95. The van der Waals surface area contributed by atoms with Crippen molar-refractivity contribution in [3.05, 3.63) is 30.4 Å². The van der Waals surface area contributed by atoms with Crippen molar-refractivity contribution in [2.24, 2.45) is 7.05 Å². The van der Waals surface area contributed by atoms with E-state index in [2.05, 4.69) is 0 Å². The molecule has 0 aliphatic carbocycles. The fourth-order valence-electron chi connectivity index (χ4n) is 1.08. The third-order valence-electron chi connectivity index (χ3n) is 1.66. The van der Waals surface area contributed by atoms with Gasteiger partial charge >= 0.3 is 0 Å². The average molecular weight is 149 g/mol. The number of hydrogen-bond acceptors (Lipinski definition) is 1. The smallest absolute Gasteiger partial charge is 0.0818 e. The van der Waals surface area contributed by atoms with Crippen molar-refractivity contribution in [3.63, 3.8) is 0 Å². The Morgan fingerprint density at radius 3 is 3.18 bits per heavy atom. The molecule has 1 aromatic heterocycles. The van der Waals surface area contributed by atoms with E-state index in [1.165, 1.54) is 0 Å². The number of benzene rings is 1. The summed E-state index contributed by atoms with van der Waals surface area (Å²) in [4.78, 5) is 0. The molecule has 2 nitrogen and oxygen atoms in total. The van der Waals surface area contributed by atoms with Crippen molar-refractivity contribution in [3.8, 4) is 0 Å². The Kier molecular flexibility index (Phi) is 0.700. The van der Waals surface area contributed by atoms with E-state index < -0.39 is 0 Å². The van der Waals surface area contributed by atoms with E-state index in [9.17, 15) is 0 Å². The summed E-state index contributed by atoms with van der Waals surface area (Å²) in [7, 11) is 1.71. The first-order valence-corrected chi connectivity index (χ1v) is 3.34. The zero-order chi connectivity index (χ0) is 10.5. The van der Waals surface area contributed by atoms with Gasteiger partial charge in [-0.15, -0.1) is 0 Å². The van der Waals surface area contributed by atoms with E-state index in [4.69, 9.17) is 9.85 Å². The molecule has 0 unspecified atom stereocenters. The second kappa shape index (κ2) is 2.02. The van der Waals surface area contributed by atoms with Gasteiger partial charge in [-0.25, -0.2) is 0 Å². The molecule has 0 bridgehead atoms. The summed E-state index contributed by atoms with van der Waals surface area (Å²) >= 11 is 0. The third-order valence-corrected chi connectivity index (χ3v) is 1.66. The van der Waals surface area contributed by atoms with E-state index in [0.29, 0.717) is 16.6 Å². The van der Waals surface area contributed by atoms with Crippen LogP contribution in [0.15, 0.2) is 30.4 Å². The minimum atomic E-state index is 0.0693. The van der Waals surface area contributed by atoms with Crippen LogP contribution >= 0.6 is 0 Å². The quantitative estimate of drug-likeness (QED) is 0.568. The molecule has 0 saturated carbocycles. The highest BCUT2D eigenvalue weighted by Crippen LogP contribution is 2.17. The first kappa shape index (κ1) is 3.81. The molecule has 2 aromatic rings. The molecule has 0 aliphatic rings. The lowest BCUT2D eigenvalue weighted by molar-refractivity contribution is 0.969. The van der Waals surface area contributed by atoms with Gasteiger partial charge in [-0.2, -0.15) is 0 Å². The van der Waals surface area contributed by atoms with E-state index in [1.807, 2.05) is 0 Å². The number of anilines is 1. The number of hydrogen-bond donors (Lipinski definition) is 1. The molecule has 0 amide bonds. The standard InChI is InChI=1S/C9H10N2/c1-11-5-4-7-6-8(10)2-3-9(7)11/h2-6H,10H2,1H3/i4D,5D,6D. The molecule has 1 aromatic carbocycles. The van der Waals surface area contributed by atoms with Gasteiger partial charge in [-0.3, -0.25) is 0 Å². The predicted octanol–water partition coefficient (Wildman–Crippen LogP) is 1.76. The van der Waals surface area contributed by atoms with Crippen LogP contribution < -0.4 is 5.73 Å². The van der Waals surface area contributed by atoms with E-state index in [1.54, 1.807) is 23.7 Å². The SMILES string of the molecule is [2H]c1c(N)ccc2c1c([2H])c([2H])n2C. The van der Waals surface area contributed by atoms with Gasteiger partial charge in [-0.1, -0.05) is 0 Å². The second-order valence-corrected chi connectivity index (χ2v) is 2.47. The molecular formula is C9H10N2. The predicted molar refractivity (Wildman–Crippen MR) is 47.3 cm³/mol. The summed E-state index contributed by atoms with van der Waals surface area (Å²) in [6.07, 6.45) is 0.110. The molecule has 0 saturated heterocycles. The molecule has 0 fully saturated rings. The Morgan fingerprint density at radius 1 is 1.55 bits per heavy atom. The van der Waals surface area contributed by atoms with Gasteiger partial charge in [0, 0.05) is 29.8 Å². The average Bonchev–Trinajstić information content (AvgIpc) is 2.38. The molecule has 2 N–H and O–H groups in total. The fourth-order valence-corrected chi connectivity index (χ4v) is 1.08. The summed E-state index contributed by atoms with van der Waals surface area (Å²) in [5.41, 5.74) is 6.62. The lowest BCUT2D eigenvalue weighted by Crippen LogP contribution is -1.85. The van der Waals surface area contributed by atoms with Gasteiger partial charge in [0.1, 0.15) is 0 Å². The first-order valence-electron chi connectivity index (χ1n) is 4.84. The van der Waals surface area contributed by atoms with Crippen molar-refractivity contribution >= 4 is 16.6 Å². The molecular weight excluding hydrogens is 136 g/mol. The highest BCUT2D eigenvalue weighted by molar-refractivity contribution is 5.83. The van der Waals surface area contributed by atoms with Crippen molar-refractivity contribution < 1.29 is 4.11 Å². The van der Waals surface area contributed by atoms with Gasteiger partial charge in [0.2, 0.25) is 0 Å². The number of nitrogen functional groups attached to an aromatic ring is 1. The van der Waals surface area contributed by atoms with Crippen LogP contribution in [0.5, 0.6) is 0 Å². The van der Waals surface area contributed by atoms with Crippen LogP contribution in [-0.2, 0) is 7.05 Å². The Morgan fingerprint density at radius 2 is 2.36 bits per heavy atom. The topological polar surface area (TPSA) is 30.9 Å². The van der Waals surface area contributed by atoms with Crippen molar-refractivity contribution in [1.29, 1.82) is 0 Å². The Hall–Kier alpha value is -1.44. The summed E-state index contributed by atoms with van der Waals surface area (Å²) in [5, 5.41) is 0.456. The highest BCUT2D eigenvalue weighted by atomic mass is 14.9. The Labute approximate surface area is 69.5 Å². The summed E-state index contributed by atoms with van der Waals surface area (Å²) in [6, 6.07) is 3.57. The largest absolute Gasteiger partial charge is 0.399 e. The molecule has 56 valence electrons. The van der Waals surface area contributed by atoms with Crippen molar-refractivity contribution in [2.45, 2.75) is 0 Å². The van der Waals surface area contributed by atoms with Crippen LogP contribution in [0.2, 0.25) is 0 Å². The van der Waals surface area contributed by atoms with Gasteiger partial charge < -0.3 is 10.3 Å². The number of rotatable bonds is 0. The monoisotopic (exact) mass is 149 g/mol. The first-order chi connectivity index (χ1) is 6.54. The Balaban J connectivity index is 3.03. The molecule has 0 atom stereocenters. The summed E-state index contributed by atoms with van der Waals surface area (Å²) in [5.74, 6) is 0. The van der Waals surface area contributed by atoms with Crippen LogP contribution in [0.1, 0.15) is 4.11 Å². The molecule has 0 spiro atoms. The molecule has 1 heterocycles. The van der Waals surface area contributed by atoms with Gasteiger partial charge in [-0.05, 0) is 24.2 Å². The number of fused-ring (bicyclic) bond motifs is 1. The number of aromatic nitrogens is 1. The van der Waals surface area contributed by atoms with E-state index >= 15 is 0 Å². The summed E-state index contributed by atoms with van der Waals surface area (Å²) in [6.45, 7) is 0. The lowest BCUT2D eigenvalue weighted by atomic mass is 10.2. The van der Waals surface area contributed by atoms with Crippen LogP contribution in [0, 0.1) is 0 Å². The van der Waals surface area contributed by atoms with Crippen LogP contribution in [-0.4, -0.2) is 4.57 Å². The summed E-state index contributed by atoms with van der Waals surface area (Å²) < 4.78 is 24.5. The fraction of sp³-hybridized carbons (Fsp3) is 0.111. The lowest BCUT2D eigenvalue weighted by Gasteiger charge is -1.95. The normalized spacial score (nSPS) is 14.5.